The average Bonchev–Trinajstić information content (AvgIpc) is 2.96. The number of alkyl carbamates (subject to hydrolysis) is 1. The van der Waals surface area contributed by atoms with Crippen LogP contribution in [-0.2, 0) is 4.74 Å². The van der Waals surface area contributed by atoms with Crippen molar-refractivity contribution in [3.63, 3.8) is 0 Å². The fourth-order valence-corrected chi connectivity index (χ4v) is 2.82. The van der Waals surface area contributed by atoms with Crippen LogP contribution in [0.3, 0.4) is 0 Å². The molecule has 0 spiro atoms. The predicted molar refractivity (Wildman–Crippen MR) is 80.4 cm³/mol. The zero-order chi connectivity index (χ0) is 15.2. The Kier molecular flexibility index (Phi) is 5.33. The van der Waals surface area contributed by atoms with Gasteiger partial charge >= 0.3 is 6.09 Å². The van der Waals surface area contributed by atoms with Gasteiger partial charge < -0.3 is 10.1 Å². The Hall–Kier alpha value is -1.88. The van der Waals surface area contributed by atoms with Gasteiger partial charge in [-0.3, -0.25) is 9.69 Å². The summed E-state index contributed by atoms with van der Waals surface area (Å²) in [5.41, 5.74) is 0.744. The third-order valence-corrected chi connectivity index (χ3v) is 3.92. The number of hydrogen-bond donors (Lipinski definition) is 1. The molecule has 1 aliphatic rings. The summed E-state index contributed by atoms with van der Waals surface area (Å²) >= 11 is 0. The number of amides is 1. The Morgan fingerprint density at radius 2 is 2.10 bits per heavy atom. The van der Waals surface area contributed by atoms with E-state index in [1.807, 2.05) is 37.3 Å². The van der Waals surface area contributed by atoms with E-state index in [1.165, 1.54) is 7.11 Å². The zero-order valence-corrected chi connectivity index (χ0v) is 12.5. The maximum Gasteiger partial charge on any atom is 0.407 e. The average molecular weight is 290 g/mol. The first-order valence-electron chi connectivity index (χ1n) is 7.33. The minimum absolute atomic E-state index is 0.0510. The van der Waals surface area contributed by atoms with Crippen LogP contribution in [0, 0.1) is 0 Å². The maximum atomic E-state index is 12.6. The summed E-state index contributed by atoms with van der Waals surface area (Å²) in [6, 6.07) is 9.30. The molecular formula is C16H22N2O3. The summed E-state index contributed by atoms with van der Waals surface area (Å²) in [6.07, 6.45) is 1.19. The van der Waals surface area contributed by atoms with Crippen LogP contribution >= 0.6 is 0 Å². The van der Waals surface area contributed by atoms with Gasteiger partial charge in [0.25, 0.3) is 0 Å². The van der Waals surface area contributed by atoms with Gasteiger partial charge in [0.15, 0.2) is 5.78 Å². The number of ether oxygens (including phenoxy) is 1. The number of methoxy groups -OCH3 is 1. The minimum atomic E-state index is -0.413. The lowest BCUT2D eigenvalue weighted by Crippen LogP contribution is -2.42. The molecule has 0 aliphatic carbocycles. The van der Waals surface area contributed by atoms with E-state index >= 15 is 0 Å². The molecule has 21 heavy (non-hydrogen) atoms. The minimum Gasteiger partial charge on any atom is -0.453 e. The van der Waals surface area contributed by atoms with Crippen LogP contribution in [-0.4, -0.2) is 49.1 Å². The number of likely N-dealkylation sites (tertiary alicyclic amines) is 1. The molecule has 1 aliphatic heterocycles. The number of Topliss-reactive ketones (excluding diaryl/α,β-unsaturated/α-hetero) is 1. The van der Waals surface area contributed by atoms with E-state index in [4.69, 9.17) is 0 Å². The molecule has 5 nitrogen and oxygen atoms in total. The van der Waals surface area contributed by atoms with Gasteiger partial charge in [0.2, 0.25) is 0 Å². The van der Waals surface area contributed by atoms with Crippen molar-refractivity contribution >= 4 is 11.9 Å². The van der Waals surface area contributed by atoms with Gasteiger partial charge in [-0.25, -0.2) is 4.79 Å². The largest absolute Gasteiger partial charge is 0.453 e. The third kappa shape index (κ3) is 3.82. The highest BCUT2D eigenvalue weighted by molar-refractivity contribution is 6.00. The Bertz CT molecular complexity index is 490. The number of benzene rings is 1. The first-order valence-corrected chi connectivity index (χ1v) is 7.33. The molecule has 0 radical (unpaired) electrons. The molecule has 114 valence electrons. The van der Waals surface area contributed by atoms with Crippen LogP contribution in [0.25, 0.3) is 0 Å². The fourth-order valence-electron chi connectivity index (χ4n) is 2.82. The van der Waals surface area contributed by atoms with E-state index < -0.39 is 6.09 Å². The molecule has 2 atom stereocenters. The Morgan fingerprint density at radius 3 is 2.71 bits per heavy atom. The normalized spacial score (nSPS) is 20.0. The number of ketones is 1. The fraction of sp³-hybridized carbons (Fsp3) is 0.500. The zero-order valence-electron chi connectivity index (χ0n) is 12.5. The first kappa shape index (κ1) is 15.5. The number of carbonyl (C=O) groups excluding carboxylic acids is 2. The number of nitrogens with one attached hydrogen (secondary N) is 1. The number of rotatable bonds is 5. The molecule has 2 rings (SSSR count). The second kappa shape index (κ2) is 7.22. The molecule has 1 heterocycles. The highest BCUT2D eigenvalue weighted by Crippen LogP contribution is 2.18. The standard InChI is InChI=1S/C16H22N2O3/c1-3-14(15(19)12-7-5-4-6-8-12)18-10-9-13(11-18)17-16(20)21-2/h4-8,13-14H,3,9-11H2,1-2H3,(H,17,20). The summed E-state index contributed by atoms with van der Waals surface area (Å²) in [4.78, 5) is 26.0. The van der Waals surface area contributed by atoms with E-state index in [-0.39, 0.29) is 17.9 Å². The van der Waals surface area contributed by atoms with Crippen molar-refractivity contribution in [3.05, 3.63) is 35.9 Å². The van der Waals surface area contributed by atoms with Gasteiger partial charge in [-0.1, -0.05) is 37.3 Å². The summed E-state index contributed by atoms with van der Waals surface area (Å²) in [6.45, 7) is 3.52. The van der Waals surface area contributed by atoms with Crippen LogP contribution in [0.2, 0.25) is 0 Å². The first-order chi connectivity index (χ1) is 10.2. The molecule has 0 saturated carbocycles. The second-order valence-electron chi connectivity index (χ2n) is 5.27. The SMILES string of the molecule is CCC(C(=O)c1ccccc1)N1CCC(NC(=O)OC)C1. The van der Waals surface area contributed by atoms with E-state index in [0.717, 1.165) is 24.9 Å². The van der Waals surface area contributed by atoms with Gasteiger partial charge in [0, 0.05) is 24.7 Å². The van der Waals surface area contributed by atoms with E-state index in [9.17, 15) is 9.59 Å². The molecule has 5 heteroatoms. The van der Waals surface area contributed by atoms with Gasteiger partial charge in [0.05, 0.1) is 13.2 Å². The summed E-state index contributed by atoms with van der Waals surface area (Å²) < 4.78 is 4.62. The molecule has 1 saturated heterocycles. The lowest BCUT2D eigenvalue weighted by molar-refractivity contribution is 0.0841. The molecule has 1 aromatic rings. The smallest absolute Gasteiger partial charge is 0.407 e. The molecule has 1 aromatic carbocycles. The lowest BCUT2D eigenvalue weighted by atomic mass is 10.0. The number of nitrogens with zero attached hydrogens (tertiary/aromatic N) is 1. The third-order valence-electron chi connectivity index (χ3n) is 3.92. The molecule has 1 amide bonds. The van der Waals surface area contributed by atoms with Crippen molar-refractivity contribution in [1.29, 1.82) is 0 Å². The molecule has 0 aromatic heterocycles. The summed E-state index contributed by atoms with van der Waals surface area (Å²) in [5.74, 6) is 0.150. The van der Waals surface area contributed by atoms with Crippen molar-refractivity contribution in [2.45, 2.75) is 31.8 Å². The highest BCUT2D eigenvalue weighted by atomic mass is 16.5. The van der Waals surface area contributed by atoms with Crippen molar-refractivity contribution < 1.29 is 14.3 Å². The van der Waals surface area contributed by atoms with Crippen LogP contribution in [0.15, 0.2) is 30.3 Å². The second-order valence-corrected chi connectivity index (χ2v) is 5.27. The van der Waals surface area contributed by atoms with Crippen molar-refractivity contribution in [2.75, 3.05) is 20.2 Å². The van der Waals surface area contributed by atoms with Gasteiger partial charge in [0.1, 0.15) is 0 Å². The van der Waals surface area contributed by atoms with Crippen molar-refractivity contribution in [2.24, 2.45) is 0 Å². The van der Waals surface area contributed by atoms with E-state index in [0.29, 0.717) is 6.54 Å². The maximum absolute atomic E-state index is 12.6. The number of carbonyl (C=O) groups is 2. The summed E-state index contributed by atoms with van der Waals surface area (Å²) in [7, 11) is 1.36. The molecule has 1 N–H and O–H groups in total. The Labute approximate surface area is 125 Å². The number of hydrogen-bond acceptors (Lipinski definition) is 4. The molecular weight excluding hydrogens is 268 g/mol. The quantitative estimate of drug-likeness (QED) is 0.844. The molecule has 2 unspecified atom stereocenters. The van der Waals surface area contributed by atoms with Crippen molar-refractivity contribution in [3.8, 4) is 0 Å². The van der Waals surface area contributed by atoms with Crippen molar-refractivity contribution in [1.82, 2.24) is 10.2 Å². The Morgan fingerprint density at radius 1 is 1.38 bits per heavy atom. The summed E-state index contributed by atoms with van der Waals surface area (Å²) in [5, 5.41) is 2.80. The molecule has 0 bridgehead atoms. The predicted octanol–water partition coefficient (Wildman–Crippen LogP) is 2.08. The molecule has 1 fully saturated rings. The van der Waals surface area contributed by atoms with Gasteiger partial charge in [-0.2, -0.15) is 0 Å². The van der Waals surface area contributed by atoms with E-state index in [2.05, 4.69) is 15.0 Å². The monoisotopic (exact) mass is 290 g/mol. The van der Waals surface area contributed by atoms with Gasteiger partial charge in [-0.05, 0) is 12.8 Å². The Balaban J connectivity index is 1.99. The van der Waals surface area contributed by atoms with Crippen LogP contribution in [0.5, 0.6) is 0 Å². The lowest BCUT2D eigenvalue weighted by Gasteiger charge is -2.25. The van der Waals surface area contributed by atoms with Crippen LogP contribution in [0.4, 0.5) is 4.79 Å². The van der Waals surface area contributed by atoms with Crippen LogP contribution in [0.1, 0.15) is 30.1 Å². The van der Waals surface area contributed by atoms with Crippen LogP contribution < -0.4 is 5.32 Å². The van der Waals surface area contributed by atoms with Gasteiger partial charge in [-0.15, -0.1) is 0 Å². The van der Waals surface area contributed by atoms with E-state index in [1.54, 1.807) is 0 Å². The highest BCUT2D eigenvalue weighted by Gasteiger charge is 2.32. The topological polar surface area (TPSA) is 58.6 Å².